The maximum atomic E-state index is 12.9. The molecule has 5 nitrogen and oxygen atoms in total. The molecular formula is C30H28N4O. The molecule has 174 valence electrons. The van der Waals surface area contributed by atoms with Gasteiger partial charge in [-0.05, 0) is 72.8 Å². The van der Waals surface area contributed by atoms with Crippen LogP contribution in [-0.4, -0.2) is 34.1 Å². The highest BCUT2D eigenvalue weighted by atomic mass is 16.2. The number of fused-ring (bicyclic) bond motifs is 3. The zero-order chi connectivity index (χ0) is 23.4. The number of aromatic nitrogens is 2. The molecule has 2 unspecified atom stereocenters. The third-order valence-electron chi connectivity index (χ3n) is 8.06. The van der Waals surface area contributed by atoms with Gasteiger partial charge in [-0.3, -0.25) is 14.8 Å². The lowest BCUT2D eigenvalue weighted by molar-refractivity contribution is -0.118. The Kier molecular flexibility index (Phi) is 4.68. The fourth-order valence-corrected chi connectivity index (χ4v) is 6.06. The second-order valence-electron chi connectivity index (χ2n) is 10.2. The van der Waals surface area contributed by atoms with Gasteiger partial charge in [-0.25, -0.2) is 0 Å². The van der Waals surface area contributed by atoms with Gasteiger partial charge in [0.1, 0.15) is 0 Å². The molecule has 0 bridgehead atoms. The van der Waals surface area contributed by atoms with E-state index in [2.05, 4.69) is 81.1 Å². The van der Waals surface area contributed by atoms with Crippen LogP contribution in [0.1, 0.15) is 53.1 Å². The van der Waals surface area contributed by atoms with Crippen LogP contribution < -0.4 is 5.32 Å². The van der Waals surface area contributed by atoms with Gasteiger partial charge < -0.3 is 5.32 Å². The Morgan fingerprint density at radius 3 is 2.69 bits per heavy atom. The fourth-order valence-electron chi connectivity index (χ4n) is 6.06. The number of carbonyl (C=O) groups excluding carboxylic acids is 1. The summed E-state index contributed by atoms with van der Waals surface area (Å²) in [5.74, 6) is 0.334. The smallest absolute Gasteiger partial charge is 0.235 e. The summed E-state index contributed by atoms with van der Waals surface area (Å²) in [7, 11) is 0. The summed E-state index contributed by atoms with van der Waals surface area (Å²) in [5.41, 5.74) is 7.37. The van der Waals surface area contributed by atoms with Crippen molar-refractivity contribution in [1.82, 2.24) is 15.1 Å². The first kappa shape index (κ1) is 20.7. The van der Waals surface area contributed by atoms with Crippen molar-refractivity contribution in [2.24, 2.45) is 0 Å². The van der Waals surface area contributed by atoms with Crippen LogP contribution in [0.5, 0.6) is 0 Å². The van der Waals surface area contributed by atoms with Crippen molar-refractivity contribution >= 4 is 34.6 Å². The molecule has 2 fully saturated rings. The van der Waals surface area contributed by atoms with E-state index >= 15 is 0 Å². The molecule has 3 aliphatic rings. The van der Waals surface area contributed by atoms with Crippen LogP contribution in [0.2, 0.25) is 0 Å². The molecule has 3 aromatic carbocycles. The Morgan fingerprint density at radius 2 is 1.83 bits per heavy atom. The van der Waals surface area contributed by atoms with E-state index < -0.39 is 5.41 Å². The van der Waals surface area contributed by atoms with E-state index in [-0.39, 0.29) is 11.8 Å². The first-order valence-electron chi connectivity index (χ1n) is 12.6. The molecule has 7 rings (SSSR count). The number of likely N-dealkylation sites (tertiary alicyclic amines) is 1. The minimum absolute atomic E-state index is 0.128. The molecule has 3 heterocycles. The zero-order valence-corrected chi connectivity index (χ0v) is 19.6. The van der Waals surface area contributed by atoms with Gasteiger partial charge in [-0.1, -0.05) is 60.7 Å². The Balaban J connectivity index is 1.09. The van der Waals surface area contributed by atoms with E-state index in [1.165, 1.54) is 42.6 Å². The van der Waals surface area contributed by atoms with Gasteiger partial charge in [0.2, 0.25) is 5.91 Å². The molecule has 2 N–H and O–H groups in total. The summed E-state index contributed by atoms with van der Waals surface area (Å²) in [6, 6.07) is 23.4. The van der Waals surface area contributed by atoms with Crippen LogP contribution in [0.25, 0.3) is 23.1 Å². The molecule has 1 saturated carbocycles. The van der Waals surface area contributed by atoms with E-state index in [1.54, 1.807) is 0 Å². The number of carbonyl (C=O) groups is 1. The van der Waals surface area contributed by atoms with Crippen LogP contribution in [0.15, 0.2) is 66.7 Å². The van der Waals surface area contributed by atoms with Gasteiger partial charge in [-0.2, -0.15) is 5.10 Å². The zero-order valence-electron chi connectivity index (χ0n) is 19.6. The quantitative estimate of drug-likeness (QED) is 0.401. The highest BCUT2D eigenvalue weighted by Crippen LogP contribution is 2.64. The minimum Gasteiger partial charge on any atom is -0.325 e. The van der Waals surface area contributed by atoms with Crippen molar-refractivity contribution in [3.63, 3.8) is 0 Å². The lowest BCUT2D eigenvalue weighted by Crippen LogP contribution is -2.20. The van der Waals surface area contributed by atoms with Gasteiger partial charge in [0.05, 0.1) is 16.6 Å². The van der Waals surface area contributed by atoms with Crippen molar-refractivity contribution in [3.05, 3.63) is 94.7 Å². The maximum Gasteiger partial charge on any atom is 0.235 e. The van der Waals surface area contributed by atoms with E-state index in [0.29, 0.717) is 0 Å². The Hall–Kier alpha value is -3.70. The molecule has 5 heteroatoms. The van der Waals surface area contributed by atoms with Gasteiger partial charge in [0.25, 0.3) is 0 Å². The van der Waals surface area contributed by atoms with E-state index in [9.17, 15) is 4.79 Å². The predicted octanol–water partition coefficient (Wildman–Crippen LogP) is 5.71. The van der Waals surface area contributed by atoms with Crippen molar-refractivity contribution in [2.75, 3.05) is 18.4 Å². The van der Waals surface area contributed by atoms with Crippen molar-refractivity contribution in [2.45, 2.75) is 37.1 Å². The van der Waals surface area contributed by atoms with Gasteiger partial charge in [0, 0.05) is 23.5 Å². The predicted molar refractivity (Wildman–Crippen MR) is 140 cm³/mol. The summed E-state index contributed by atoms with van der Waals surface area (Å²) in [6.45, 7) is 3.49. The third kappa shape index (κ3) is 3.41. The van der Waals surface area contributed by atoms with Gasteiger partial charge >= 0.3 is 0 Å². The molecule has 1 aromatic heterocycles. The number of amides is 1. The number of aromatic amines is 1. The molecule has 35 heavy (non-hydrogen) atoms. The SMILES string of the molecule is O=C1Nc2ccccc2C12CC2c1ccc2c(/C=C/c3ccc(CN4CCCC4)cc3)n[nH]c2c1. The fraction of sp³-hybridized carbons (Fsp3) is 0.267. The van der Waals surface area contributed by atoms with Crippen LogP contribution in [0.4, 0.5) is 5.69 Å². The Bertz CT molecular complexity index is 1460. The summed E-state index contributed by atoms with van der Waals surface area (Å²) in [4.78, 5) is 15.4. The first-order chi connectivity index (χ1) is 17.2. The van der Waals surface area contributed by atoms with Gasteiger partial charge in [-0.15, -0.1) is 0 Å². The lowest BCUT2D eigenvalue weighted by atomic mass is 9.92. The highest BCUT2D eigenvalue weighted by molar-refractivity contribution is 6.09. The second kappa shape index (κ2) is 7.92. The monoisotopic (exact) mass is 460 g/mol. The van der Waals surface area contributed by atoms with Crippen molar-refractivity contribution in [3.8, 4) is 0 Å². The summed E-state index contributed by atoms with van der Waals surface area (Å²) in [6.07, 6.45) is 7.71. The number of benzene rings is 3. The maximum absolute atomic E-state index is 12.9. The summed E-state index contributed by atoms with van der Waals surface area (Å²) >= 11 is 0. The minimum atomic E-state index is -0.409. The number of nitrogens with zero attached hydrogens (tertiary/aromatic N) is 2. The standard InChI is InChI=1S/C30H28N4O/c35-29-30(24-5-1-2-6-27(24)31-29)18-25(30)22-12-13-23-26(32-33-28(23)17-22)14-11-20-7-9-21(10-8-20)19-34-15-3-4-16-34/h1-2,5-14,17,25H,3-4,15-16,18-19H2,(H,31,35)(H,32,33)/b14-11+. The van der Waals surface area contributed by atoms with Crippen molar-refractivity contribution < 1.29 is 4.79 Å². The normalized spacial score (nSPS) is 23.4. The first-order valence-corrected chi connectivity index (χ1v) is 12.6. The number of rotatable bonds is 5. The molecule has 1 spiro atoms. The molecule has 1 aliphatic carbocycles. The number of para-hydroxylation sites is 1. The summed E-state index contributed by atoms with van der Waals surface area (Å²) in [5, 5.41) is 11.9. The number of nitrogens with one attached hydrogen (secondary N) is 2. The molecule has 4 aromatic rings. The van der Waals surface area contributed by atoms with E-state index in [4.69, 9.17) is 0 Å². The lowest BCUT2D eigenvalue weighted by Gasteiger charge is -2.14. The summed E-state index contributed by atoms with van der Waals surface area (Å²) < 4.78 is 0. The Morgan fingerprint density at radius 1 is 1.00 bits per heavy atom. The number of anilines is 1. The molecule has 1 amide bonds. The van der Waals surface area contributed by atoms with E-state index in [1.807, 2.05) is 18.2 Å². The molecule has 1 saturated heterocycles. The topological polar surface area (TPSA) is 61.0 Å². The average molecular weight is 461 g/mol. The number of hydrogen-bond acceptors (Lipinski definition) is 3. The molecule has 2 aliphatic heterocycles. The van der Waals surface area contributed by atoms with Crippen LogP contribution in [0, 0.1) is 0 Å². The number of H-pyrrole nitrogens is 1. The van der Waals surface area contributed by atoms with Crippen LogP contribution in [-0.2, 0) is 16.8 Å². The average Bonchev–Trinajstić information content (AvgIpc) is 3.13. The van der Waals surface area contributed by atoms with Crippen LogP contribution >= 0.6 is 0 Å². The largest absolute Gasteiger partial charge is 0.325 e. The van der Waals surface area contributed by atoms with E-state index in [0.717, 1.165) is 40.8 Å². The third-order valence-corrected chi connectivity index (χ3v) is 8.06. The molecule has 0 radical (unpaired) electrons. The second-order valence-corrected chi connectivity index (χ2v) is 10.2. The molecular weight excluding hydrogens is 432 g/mol. The van der Waals surface area contributed by atoms with Crippen molar-refractivity contribution in [1.29, 1.82) is 0 Å². The highest BCUT2D eigenvalue weighted by Gasteiger charge is 2.65. The molecule has 2 atom stereocenters. The number of hydrogen-bond donors (Lipinski definition) is 2. The Labute approximate surface area is 204 Å². The van der Waals surface area contributed by atoms with Crippen LogP contribution in [0.3, 0.4) is 0 Å². The van der Waals surface area contributed by atoms with Gasteiger partial charge in [0.15, 0.2) is 0 Å².